The maximum atomic E-state index is 11.7. The lowest BCUT2D eigenvalue weighted by Crippen LogP contribution is -2.33. The van der Waals surface area contributed by atoms with Gasteiger partial charge in [0.15, 0.2) is 0 Å². The van der Waals surface area contributed by atoms with E-state index in [4.69, 9.17) is 0 Å². The number of carbonyl (C=O) groups is 2. The van der Waals surface area contributed by atoms with E-state index in [1.165, 1.54) is 6.42 Å². The van der Waals surface area contributed by atoms with Gasteiger partial charge in [-0.15, -0.1) is 0 Å². The predicted octanol–water partition coefficient (Wildman–Crippen LogP) is 2.62. The van der Waals surface area contributed by atoms with Crippen molar-refractivity contribution in [2.75, 3.05) is 0 Å². The van der Waals surface area contributed by atoms with Crippen molar-refractivity contribution >= 4 is 11.8 Å². The minimum atomic E-state index is -0.00773. The molecule has 1 unspecified atom stereocenters. The first-order valence-corrected chi connectivity index (χ1v) is 7.71. The van der Waals surface area contributed by atoms with Crippen LogP contribution in [0.1, 0.15) is 58.8 Å². The van der Waals surface area contributed by atoms with E-state index in [-0.39, 0.29) is 11.9 Å². The van der Waals surface area contributed by atoms with Crippen LogP contribution in [-0.2, 0) is 4.79 Å². The van der Waals surface area contributed by atoms with E-state index in [0.29, 0.717) is 23.8 Å². The molecular formula is C15H26N2O2. The minimum absolute atomic E-state index is 0.00773. The summed E-state index contributed by atoms with van der Waals surface area (Å²) >= 11 is 0. The van der Waals surface area contributed by atoms with Gasteiger partial charge >= 0.3 is 6.03 Å². The molecule has 0 spiro atoms. The van der Waals surface area contributed by atoms with E-state index in [1.807, 2.05) is 6.92 Å². The number of hydrogen-bond acceptors (Lipinski definition) is 2. The first-order valence-electron chi connectivity index (χ1n) is 7.71. The molecule has 1 aliphatic carbocycles. The van der Waals surface area contributed by atoms with Crippen LogP contribution >= 0.6 is 0 Å². The maximum absolute atomic E-state index is 11.7. The Hall–Kier alpha value is -1.06. The Morgan fingerprint density at radius 2 is 2.11 bits per heavy atom. The summed E-state index contributed by atoms with van der Waals surface area (Å²) in [6.07, 6.45) is 7.20. The number of urea groups is 1. The third-order valence-corrected chi connectivity index (χ3v) is 4.81. The van der Waals surface area contributed by atoms with Gasteiger partial charge < -0.3 is 10.6 Å². The zero-order chi connectivity index (χ0) is 13.8. The Bertz CT molecular complexity index is 343. The lowest BCUT2D eigenvalue weighted by atomic mass is 9.93. The van der Waals surface area contributed by atoms with Crippen molar-refractivity contribution in [1.29, 1.82) is 0 Å². The summed E-state index contributed by atoms with van der Waals surface area (Å²) in [5.74, 6) is 1.22. The largest absolute Gasteiger partial charge is 0.333 e. The number of carbonyl (C=O) groups excluding carboxylic acids is 2. The number of hydrogen-bond donors (Lipinski definition) is 2. The van der Waals surface area contributed by atoms with Crippen molar-refractivity contribution in [1.82, 2.24) is 10.6 Å². The van der Waals surface area contributed by atoms with Crippen molar-refractivity contribution in [2.45, 2.75) is 70.9 Å². The second kappa shape index (κ2) is 6.40. The van der Waals surface area contributed by atoms with Crippen LogP contribution in [-0.4, -0.2) is 23.9 Å². The molecule has 1 saturated carbocycles. The van der Waals surface area contributed by atoms with Gasteiger partial charge in [0.05, 0.1) is 12.1 Å². The fraction of sp³-hybridized carbons (Fsp3) is 0.867. The lowest BCUT2D eigenvalue weighted by Gasteiger charge is -2.17. The molecule has 2 aliphatic rings. The fourth-order valence-electron chi connectivity index (χ4n) is 3.33. The predicted molar refractivity (Wildman–Crippen MR) is 74.9 cm³/mol. The molecule has 0 aromatic carbocycles. The van der Waals surface area contributed by atoms with Crippen molar-refractivity contribution < 1.29 is 9.59 Å². The second-order valence-corrected chi connectivity index (χ2v) is 6.11. The van der Waals surface area contributed by atoms with E-state index in [9.17, 15) is 9.59 Å². The van der Waals surface area contributed by atoms with Gasteiger partial charge in [0.1, 0.15) is 5.78 Å². The van der Waals surface area contributed by atoms with E-state index in [2.05, 4.69) is 17.6 Å². The molecule has 1 saturated heterocycles. The fourth-order valence-corrected chi connectivity index (χ4v) is 3.33. The van der Waals surface area contributed by atoms with Gasteiger partial charge in [0, 0.05) is 12.3 Å². The molecule has 1 aliphatic heterocycles. The monoisotopic (exact) mass is 266 g/mol. The summed E-state index contributed by atoms with van der Waals surface area (Å²) in [4.78, 5) is 23.0. The summed E-state index contributed by atoms with van der Waals surface area (Å²) in [7, 11) is 0. The van der Waals surface area contributed by atoms with Crippen molar-refractivity contribution in [3.05, 3.63) is 0 Å². The van der Waals surface area contributed by atoms with Gasteiger partial charge in [-0.05, 0) is 38.0 Å². The molecule has 4 atom stereocenters. The molecule has 2 rings (SSSR count). The van der Waals surface area contributed by atoms with Crippen LogP contribution in [0.25, 0.3) is 0 Å². The molecule has 0 aromatic rings. The highest BCUT2D eigenvalue weighted by molar-refractivity contribution is 5.80. The van der Waals surface area contributed by atoms with Crippen LogP contribution in [0, 0.1) is 11.8 Å². The first-order chi connectivity index (χ1) is 9.11. The second-order valence-electron chi connectivity index (χ2n) is 6.11. The smallest absolute Gasteiger partial charge is 0.315 e. The van der Waals surface area contributed by atoms with Crippen LogP contribution in [0.15, 0.2) is 0 Å². The SMILES string of the molecule is CCC(C)C(=O)CCCC[C@@H]1CC[C@@H]2NC(=O)N[C@H]12. The standard InChI is InChI=1S/C15H26N2O2/c1-3-10(2)13(18)7-5-4-6-11-8-9-12-14(11)17-15(19)16-12/h10-12,14H,3-9H2,1-2H3,(H2,16,17,19)/t10?,11-,12+,14-/m1/s1. The Labute approximate surface area is 115 Å². The average molecular weight is 266 g/mol. The van der Waals surface area contributed by atoms with Crippen LogP contribution in [0.4, 0.5) is 4.79 Å². The number of nitrogens with one attached hydrogen (secondary N) is 2. The maximum Gasteiger partial charge on any atom is 0.315 e. The normalized spacial score (nSPS) is 30.6. The summed E-state index contributed by atoms with van der Waals surface area (Å²) in [5.41, 5.74) is 0. The van der Waals surface area contributed by atoms with E-state index in [0.717, 1.165) is 38.5 Å². The molecule has 4 nitrogen and oxygen atoms in total. The van der Waals surface area contributed by atoms with Crippen molar-refractivity contribution in [3.8, 4) is 0 Å². The van der Waals surface area contributed by atoms with Crippen LogP contribution in [0.2, 0.25) is 0 Å². The van der Waals surface area contributed by atoms with Crippen molar-refractivity contribution in [3.63, 3.8) is 0 Å². The molecule has 0 radical (unpaired) electrons. The van der Waals surface area contributed by atoms with Gasteiger partial charge in [-0.3, -0.25) is 4.79 Å². The number of amides is 2. The Morgan fingerprint density at radius 1 is 1.32 bits per heavy atom. The van der Waals surface area contributed by atoms with Crippen LogP contribution in [0.5, 0.6) is 0 Å². The minimum Gasteiger partial charge on any atom is -0.333 e. The number of Topliss-reactive ketones (excluding diaryl/α,β-unsaturated/α-hetero) is 1. The van der Waals surface area contributed by atoms with E-state index in [1.54, 1.807) is 0 Å². The third-order valence-electron chi connectivity index (χ3n) is 4.81. The van der Waals surface area contributed by atoms with Crippen LogP contribution < -0.4 is 10.6 Å². The Morgan fingerprint density at radius 3 is 2.84 bits per heavy atom. The molecule has 108 valence electrons. The highest BCUT2D eigenvalue weighted by Crippen LogP contribution is 2.32. The van der Waals surface area contributed by atoms with E-state index >= 15 is 0 Å². The molecule has 19 heavy (non-hydrogen) atoms. The topological polar surface area (TPSA) is 58.2 Å². The number of ketones is 1. The highest BCUT2D eigenvalue weighted by Gasteiger charge is 2.41. The lowest BCUT2D eigenvalue weighted by molar-refractivity contribution is -0.122. The average Bonchev–Trinajstić information content (AvgIpc) is 2.93. The van der Waals surface area contributed by atoms with Gasteiger partial charge in [0.25, 0.3) is 0 Å². The Kier molecular flexibility index (Phi) is 4.83. The molecule has 2 fully saturated rings. The zero-order valence-corrected chi connectivity index (χ0v) is 12.1. The summed E-state index contributed by atoms with van der Waals surface area (Å²) < 4.78 is 0. The molecule has 2 amide bonds. The summed E-state index contributed by atoms with van der Waals surface area (Å²) in [5, 5.41) is 6.00. The van der Waals surface area contributed by atoms with Gasteiger partial charge in [-0.2, -0.15) is 0 Å². The van der Waals surface area contributed by atoms with Gasteiger partial charge in [-0.1, -0.05) is 20.3 Å². The Balaban J connectivity index is 1.64. The van der Waals surface area contributed by atoms with Crippen LogP contribution in [0.3, 0.4) is 0 Å². The summed E-state index contributed by atoms with van der Waals surface area (Å²) in [6, 6.07) is 0.670. The zero-order valence-electron chi connectivity index (χ0n) is 12.1. The number of fused-ring (bicyclic) bond motifs is 1. The van der Waals surface area contributed by atoms with E-state index < -0.39 is 0 Å². The molecule has 1 heterocycles. The molecule has 0 aromatic heterocycles. The number of unbranched alkanes of at least 4 members (excludes halogenated alkanes) is 1. The molecular weight excluding hydrogens is 240 g/mol. The molecule has 0 bridgehead atoms. The first kappa shape index (κ1) is 14.4. The quantitative estimate of drug-likeness (QED) is 0.696. The van der Waals surface area contributed by atoms with Gasteiger partial charge in [-0.25, -0.2) is 4.79 Å². The third kappa shape index (κ3) is 3.48. The number of rotatable bonds is 7. The summed E-state index contributed by atoms with van der Waals surface area (Å²) in [6.45, 7) is 4.08. The van der Waals surface area contributed by atoms with Gasteiger partial charge in [0.2, 0.25) is 0 Å². The van der Waals surface area contributed by atoms with Crippen molar-refractivity contribution in [2.24, 2.45) is 11.8 Å². The molecule has 2 N–H and O–H groups in total. The highest BCUT2D eigenvalue weighted by atomic mass is 16.2. The molecule has 4 heteroatoms.